The molecule has 1 amide bonds. The van der Waals surface area contributed by atoms with Crippen molar-refractivity contribution in [3.8, 4) is 5.75 Å². The van der Waals surface area contributed by atoms with Gasteiger partial charge in [-0.3, -0.25) is 9.10 Å². The van der Waals surface area contributed by atoms with Crippen LogP contribution in [0.2, 0.25) is 0 Å². The number of hydrazone groups is 1. The van der Waals surface area contributed by atoms with Crippen LogP contribution in [0.1, 0.15) is 11.1 Å². The van der Waals surface area contributed by atoms with Crippen molar-refractivity contribution in [2.45, 2.75) is 6.92 Å². The van der Waals surface area contributed by atoms with E-state index in [9.17, 15) is 13.2 Å². The molecular weight excluding hydrogens is 434 g/mol. The zero-order valence-electron chi connectivity index (χ0n) is 15.1. The lowest BCUT2D eigenvalue weighted by atomic mass is 10.2. The summed E-state index contributed by atoms with van der Waals surface area (Å²) in [4.78, 5) is 12.2. The maximum absolute atomic E-state index is 12.2. The van der Waals surface area contributed by atoms with Crippen LogP contribution in [0.4, 0.5) is 5.69 Å². The molecule has 0 heterocycles. The van der Waals surface area contributed by atoms with Crippen LogP contribution in [0.15, 0.2) is 52.0 Å². The molecule has 0 saturated heterocycles. The summed E-state index contributed by atoms with van der Waals surface area (Å²) < 4.78 is 31.2. The Labute approximate surface area is 167 Å². The minimum Gasteiger partial charge on any atom is -0.496 e. The number of nitrogens with zero attached hydrogens (tertiary/aromatic N) is 2. The van der Waals surface area contributed by atoms with E-state index in [1.54, 1.807) is 30.3 Å². The Balaban J connectivity index is 2.12. The standard InChI is InChI=1S/C18H20BrN3O4S/c1-13-5-4-6-16(9-13)22(27(3,24)25)12-18(23)21-20-11-14-10-15(19)7-8-17(14)26-2/h4-11H,12H2,1-3H3,(H,21,23)/b20-11-. The number of carbonyl (C=O) groups is 1. The Morgan fingerprint density at radius 1 is 1.30 bits per heavy atom. The molecular formula is C18H20BrN3O4S. The van der Waals surface area contributed by atoms with Crippen molar-refractivity contribution in [2.75, 3.05) is 24.2 Å². The highest BCUT2D eigenvalue weighted by atomic mass is 79.9. The third-order valence-electron chi connectivity index (χ3n) is 3.56. The van der Waals surface area contributed by atoms with Crippen LogP contribution in [0.25, 0.3) is 0 Å². The Morgan fingerprint density at radius 2 is 2.04 bits per heavy atom. The number of sulfonamides is 1. The van der Waals surface area contributed by atoms with Crippen LogP contribution in [0.5, 0.6) is 5.75 Å². The summed E-state index contributed by atoms with van der Waals surface area (Å²) >= 11 is 3.35. The highest BCUT2D eigenvalue weighted by molar-refractivity contribution is 9.10. The Kier molecular flexibility index (Phi) is 6.98. The van der Waals surface area contributed by atoms with E-state index < -0.39 is 15.9 Å². The van der Waals surface area contributed by atoms with Crippen LogP contribution in [0, 0.1) is 6.92 Å². The first-order valence-corrected chi connectivity index (χ1v) is 10.5. The summed E-state index contributed by atoms with van der Waals surface area (Å²) in [5.74, 6) is 0.0286. The van der Waals surface area contributed by atoms with Crippen molar-refractivity contribution in [1.82, 2.24) is 5.43 Å². The summed E-state index contributed by atoms with van der Waals surface area (Å²) in [6.45, 7) is 1.47. The fraction of sp³-hybridized carbons (Fsp3) is 0.222. The first kappa shape index (κ1) is 20.9. The molecule has 2 aromatic carbocycles. The predicted molar refractivity (Wildman–Crippen MR) is 110 cm³/mol. The molecule has 2 aromatic rings. The molecule has 0 aromatic heterocycles. The van der Waals surface area contributed by atoms with E-state index in [4.69, 9.17) is 4.74 Å². The van der Waals surface area contributed by atoms with E-state index in [-0.39, 0.29) is 6.54 Å². The molecule has 0 saturated carbocycles. The molecule has 9 heteroatoms. The van der Waals surface area contributed by atoms with Crippen LogP contribution in [-0.4, -0.2) is 40.4 Å². The van der Waals surface area contributed by atoms with Crippen LogP contribution < -0.4 is 14.5 Å². The molecule has 144 valence electrons. The second-order valence-electron chi connectivity index (χ2n) is 5.79. The number of halogens is 1. The monoisotopic (exact) mass is 453 g/mol. The second-order valence-corrected chi connectivity index (χ2v) is 8.61. The molecule has 0 aliphatic heterocycles. The van der Waals surface area contributed by atoms with Crippen LogP contribution in [-0.2, 0) is 14.8 Å². The van der Waals surface area contributed by atoms with E-state index in [1.807, 2.05) is 19.1 Å². The fourth-order valence-corrected chi connectivity index (χ4v) is 3.56. The highest BCUT2D eigenvalue weighted by Gasteiger charge is 2.20. The number of nitrogens with one attached hydrogen (secondary N) is 1. The van der Waals surface area contributed by atoms with E-state index in [0.29, 0.717) is 17.0 Å². The van der Waals surface area contributed by atoms with E-state index in [0.717, 1.165) is 20.6 Å². The maximum Gasteiger partial charge on any atom is 0.260 e. The first-order valence-electron chi connectivity index (χ1n) is 7.90. The van der Waals surface area contributed by atoms with E-state index in [1.165, 1.54) is 13.3 Å². The smallest absolute Gasteiger partial charge is 0.260 e. The lowest BCUT2D eigenvalue weighted by Crippen LogP contribution is -2.39. The van der Waals surface area contributed by atoms with Crippen LogP contribution in [0.3, 0.4) is 0 Å². The summed E-state index contributed by atoms with van der Waals surface area (Å²) in [6.07, 6.45) is 2.48. The van der Waals surface area contributed by atoms with Gasteiger partial charge in [-0.1, -0.05) is 28.1 Å². The highest BCUT2D eigenvalue weighted by Crippen LogP contribution is 2.21. The van der Waals surface area contributed by atoms with Gasteiger partial charge in [0.05, 0.1) is 25.3 Å². The summed E-state index contributed by atoms with van der Waals surface area (Å²) in [7, 11) is -2.10. The molecule has 0 bridgehead atoms. The van der Waals surface area contributed by atoms with Gasteiger partial charge in [0.15, 0.2) is 0 Å². The summed E-state index contributed by atoms with van der Waals surface area (Å²) in [5.41, 5.74) is 4.31. The number of methoxy groups -OCH3 is 1. The SMILES string of the molecule is COc1ccc(Br)cc1/C=N\NC(=O)CN(c1cccc(C)c1)S(C)(=O)=O. The van der Waals surface area contributed by atoms with Gasteiger partial charge in [0, 0.05) is 10.0 Å². The molecule has 27 heavy (non-hydrogen) atoms. The number of anilines is 1. The second kappa shape index (κ2) is 9.01. The van der Waals surface area contributed by atoms with E-state index in [2.05, 4.69) is 26.5 Å². The average molecular weight is 454 g/mol. The van der Waals surface area contributed by atoms with Crippen molar-refractivity contribution in [2.24, 2.45) is 5.10 Å². The molecule has 7 nitrogen and oxygen atoms in total. The van der Waals surface area contributed by atoms with Gasteiger partial charge in [-0.2, -0.15) is 5.10 Å². The van der Waals surface area contributed by atoms with Crippen LogP contribution >= 0.6 is 15.9 Å². The topological polar surface area (TPSA) is 88.1 Å². The maximum atomic E-state index is 12.2. The molecule has 0 radical (unpaired) electrons. The van der Waals surface area contributed by atoms with Crippen molar-refractivity contribution in [3.05, 3.63) is 58.1 Å². The third-order valence-corrected chi connectivity index (χ3v) is 5.20. The van der Waals surface area contributed by atoms with Gasteiger partial charge >= 0.3 is 0 Å². The molecule has 0 atom stereocenters. The molecule has 1 N–H and O–H groups in total. The molecule has 2 rings (SSSR count). The normalized spacial score (nSPS) is 11.4. The zero-order chi connectivity index (χ0) is 20.0. The number of rotatable bonds is 7. The Hall–Kier alpha value is -2.39. The molecule has 0 aliphatic rings. The lowest BCUT2D eigenvalue weighted by molar-refractivity contribution is -0.119. The summed E-state index contributed by atoms with van der Waals surface area (Å²) in [5, 5.41) is 3.89. The zero-order valence-corrected chi connectivity index (χ0v) is 17.5. The van der Waals surface area contributed by atoms with E-state index >= 15 is 0 Å². The number of hydrogen-bond acceptors (Lipinski definition) is 5. The van der Waals surface area contributed by atoms with Crippen molar-refractivity contribution >= 4 is 43.8 Å². The number of carbonyl (C=O) groups excluding carboxylic acids is 1. The van der Waals surface area contributed by atoms with Gasteiger partial charge in [-0.05, 0) is 42.8 Å². The quantitative estimate of drug-likeness (QED) is 0.515. The molecule has 0 unspecified atom stereocenters. The Morgan fingerprint density at radius 3 is 2.67 bits per heavy atom. The Bertz CT molecular complexity index is 961. The molecule has 0 aliphatic carbocycles. The number of amides is 1. The van der Waals surface area contributed by atoms with Gasteiger partial charge in [0.25, 0.3) is 5.91 Å². The largest absolute Gasteiger partial charge is 0.496 e. The number of ether oxygens (including phenoxy) is 1. The summed E-state index contributed by atoms with van der Waals surface area (Å²) in [6, 6.07) is 12.3. The van der Waals surface area contributed by atoms with Crippen molar-refractivity contribution in [1.29, 1.82) is 0 Å². The minimum absolute atomic E-state index is 0.380. The van der Waals surface area contributed by atoms with Gasteiger partial charge < -0.3 is 4.74 Å². The fourth-order valence-electron chi connectivity index (χ4n) is 2.33. The number of hydrogen-bond donors (Lipinski definition) is 1. The van der Waals surface area contributed by atoms with Gasteiger partial charge in [-0.15, -0.1) is 0 Å². The van der Waals surface area contributed by atoms with Gasteiger partial charge in [0.2, 0.25) is 10.0 Å². The third kappa shape index (κ3) is 6.07. The number of aryl methyl sites for hydroxylation is 1. The average Bonchev–Trinajstić information content (AvgIpc) is 2.59. The van der Waals surface area contributed by atoms with Gasteiger partial charge in [-0.25, -0.2) is 13.8 Å². The lowest BCUT2D eigenvalue weighted by Gasteiger charge is -2.21. The molecule has 0 fully saturated rings. The minimum atomic E-state index is -3.63. The van der Waals surface area contributed by atoms with Crippen molar-refractivity contribution < 1.29 is 17.9 Å². The van der Waals surface area contributed by atoms with Crippen molar-refractivity contribution in [3.63, 3.8) is 0 Å². The first-order chi connectivity index (χ1) is 12.7. The number of benzene rings is 2. The van der Waals surface area contributed by atoms with Gasteiger partial charge in [0.1, 0.15) is 12.3 Å². The predicted octanol–water partition coefficient (Wildman–Crippen LogP) is 2.68. The molecule has 0 spiro atoms.